The van der Waals surface area contributed by atoms with Crippen LogP contribution in [0.1, 0.15) is 16.7 Å². The topological polar surface area (TPSA) is 44.5 Å². The average molecular weight is 269 g/mol. The van der Waals surface area contributed by atoms with Crippen molar-refractivity contribution in [2.24, 2.45) is 0 Å². The number of rotatable bonds is 5. The van der Waals surface area contributed by atoms with Crippen molar-refractivity contribution in [1.29, 1.82) is 0 Å². The highest BCUT2D eigenvalue weighted by Gasteiger charge is 2.11. The summed E-state index contributed by atoms with van der Waals surface area (Å²) in [5.74, 6) is 1.04. The first-order chi connectivity index (χ1) is 9.81. The molecule has 2 aromatic rings. The first-order valence-electron chi connectivity index (χ1n) is 6.98. The highest BCUT2D eigenvalue weighted by molar-refractivity contribution is 5.40. The van der Waals surface area contributed by atoms with Crippen molar-refractivity contribution in [1.82, 2.24) is 0 Å². The number of nitrogens with two attached hydrogens (primary N) is 1. The lowest BCUT2D eigenvalue weighted by molar-refractivity contribution is 0.124. The lowest BCUT2D eigenvalue weighted by Gasteiger charge is -2.06. The zero-order chi connectivity index (χ0) is 13.8. The molecular formula is C17H19NO2. The van der Waals surface area contributed by atoms with Gasteiger partial charge in [-0.2, -0.15) is 0 Å². The van der Waals surface area contributed by atoms with Crippen LogP contribution in [0, 0.1) is 0 Å². The van der Waals surface area contributed by atoms with Crippen molar-refractivity contribution in [2.75, 3.05) is 18.9 Å². The predicted molar refractivity (Wildman–Crippen MR) is 79.9 cm³/mol. The van der Waals surface area contributed by atoms with Crippen LogP contribution in [-0.2, 0) is 24.2 Å². The molecule has 3 rings (SSSR count). The van der Waals surface area contributed by atoms with E-state index in [1.165, 1.54) is 11.1 Å². The summed E-state index contributed by atoms with van der Waals surface area (Å²) in [5, 5.41) is 0. The Labute approximate surface area is 119 Å². The zero-order valence-electron chi connectivity index (χ0n) is 11.5. The van der Waals surface area contributed by atoms with E-state index in [0.717, 1.165) is 43.1 Å². The molecule has 3 heteroatoms. The first-order valence-corrected chi connectivity index (χ1v) is 6.98. The van der Waals surface area contributed by atoms with Gasteiger partial charge in [-0.05, 0) is 41.3 Å². The number of anilines is 1. The molecule has 0 bridgehead atoms. The van der Waals surface area contributed by atoms with Crippen LogP contribution in [-0.4, -0.2) is 13.2 Å². The van der Waals surface area contributed by atoms with E-state index in [1.807, 2.05) is 24.3 Å². The lowest BCUT2D eigenvalue weighted by atomic mass is 10.1. The summed E-state index contributed by atoms with van der Waals surface area (Å²) in [6, 6.07) is 14.2. The molecule has 0 unspecified atom stereocenters. The molecule has 0 atom stereocenters. The Kier molecular flexibility index (Phi) is 3.88. The summed E-state index contributed by atoms with van der Waals surface area (Å²) >= 11 is 0. The Morgan fingerprint density at radius 2 is 1.85 bits per heavy atom. The Bertz CT molecular complexity index is 578. The SMILES string of the molecule is Nc1ccc(COCCc2ccc3c(c2)CCO3)cc1. The van der Waals surface area contributed by atoms with Crippen LogP contribution in [0.3, 0.4) is 0 Å². The largest absolute Gasteiger partial charge is 0.493 e. The third kappa shape index (κ3) is 3.11. The van der Waals surface area contributed by atoms with Crippen molar-refractivity contribution >= 4 is 5.69 Å². The third-order valence-electron chi connectivity index (χ3n) is 3.54. The monoisotopic (exact) mass is 269 g/mol. The molecule has 0 aliphatic carbocycles. The summed E-state index contributed by atoms with van der Waals surface area (Å²) < 4.78 is 11.2. The Morgan fingerprint density at radius 1 is 1.05 bits per heavy atom. The maximum Gasteiger partial charge on any atom is 0.122 e. The molecule has 0 saturated carbocycles. The summed E-state index contributed by atoms with van der Waals surface area (Å²) in [7, 11) is 0. The van der Waals surface area contributed by atoms with E-state index < -0.39 is 0 Å². The molecule has 0 radical (unpaired) electrons. The Morgan fingerprint density at radius 3 is 2.70 bits per heavy atom. The van der Waals surface area contributed by atoms with Crippen molar-refractivity contribution in [3.8, 4) is 5.75 Å². The quantitative estimate of drug-likeness (QED) is 0.670. The van der Waals surface area contributed by atoms with Gasteiger partial charge in [-0.1, -0.05) is 24.3 Å². The van der Waals surface area contributed by atoms with E-state index in [0.29, 0.717) is 6.61 Å². The molecule has 2 N–H and O–H groups in total. The summed E-state index contributed by atoms with van der Waals surface area (Å²) in [5.41, 5.74) is 10.2. The molecule has 0 spiro atoms. The standard InChI is InChI=1S/C17H19NO2/c18-16-4-1-14(2-5-16)12-19-9-7-13-3-6-17-15(11-13)8-10-20-17/h1-6,11H,7-10,12,18H2. The number of ether oxygens (including phenoxy) is 2. The highest BCUT2D eigenvalue weighted by atomic mass is 16.5. The van der Waals surface area contributed by atoms with Crippen LogP contribution in [0.4, 0.5) is 5.69 Å². The zero-order valence-corrected chi connectivity index (χ0v) is 11.5. The molecule has 0 fully saturated rings. The summed E-state index contributed by atoms with van der Waals surface area (Å²) in [4.78, 5) is 0. The van der Waals surface area contributed by atoms with Gasteiger partial charge < -0.3 is 15.2 Å². The van der Waals surface area contributed by atoms with Crippen LogP contribution < -0.4 is 10.5 Å². The molecule has 20 heavy (non-hydrogen) atoms. The maximum absolute atomic E-state index is 5.71. The fraction of sp³-hybridized carbons (Fsp3) is 0.294. The maximum atomic E-state index is 5.71. The number of hydrogen-bond donors (Lipinski definition) is 1. The van der Waals surface area contributed by atoms with Gasteiger partial charge in [0.25, 0.3) is 0 Å². The van der Waals surface area contributed by atoms with E-state index in [-0.39, 0.29) is 0 Å². The van der Waals surface area contributed by atoms with Gasteiger partial charge in [-0.3, -0.25) is 0 Å². The van der Waals surface area contributed by atoms with Crippen LogP contribution in [0.15, 0.2) is 42.5 Å². The van der Waals surface area contributed by atoms with Gasteiger partial charge in [0, 0.05) is 12.1 Å². The van der Waals surface area contributed by atoms with Crippen molar-refractivity contribution in [2.45, 2.75) is 19.4 Å². The number of hydrogen-bond acceptors (Lipinski definition) is 3. The summed E-state index contributed by atoms with van der Waals surface area (Å²) in [6.07, 6.45) is 1.96. The number of fused-ring (bicyclic) bond motifs is 1. The molecule has 2 aromatic carbocycles. The number of nitrogen functional groups attached to an aromatic ring is 1. The fourth-order valence-corrected chi connectivity index (χ4v) is 2.39. The molecule has 0 aromatic heterocycles. The lowest BCUT2D eigenvalue weighted by Crippen LogP contribution is -1.99. The summed E-state index contributed by atoms with van der Waals surface area (Å²) in [6.45, 7) is 2.17. The predicted octanol–water partition coefficient (Wildman–Crippen LogP) is 2.96. The molecule has 0 amide bonds. The second kappa shape index (κ2) is 5.97. The molecule has 104 valence electrons. The van der Waals surface area contributed by atoms with Crippen molar-refractivity contribution in [3.05, 3.63) is 59.2 Å². The van der Waals surface area contributed by atoms with Gasteiger partial charge in [0.05, 0.1) is 19.8 Å². The fourth-order valence-electron chi connectivity index (χ4n) is 2.39. The van der Waals surface area contributed by atoms with Gasteiger partial charge in [-0.25, -0.2) is 0 Å². The van der Waals surface area contributed by atoms with Crippen LogP contribution in [0.2, 0.25) is 0 Å². The first kappa shape index (κ1) is 13.0. The minimum Gasteiger partial charge on any atom is -0.493 e. The minimum atomic E-state index is 0.633. The highest BCUT2D eigenvalue weighted by Crippen LogP contribution is 2.25. The molecule has 0 saturated heterocycles. The van der Waals surface area contributed by atoms with Gasteiger partial charge >= 0.3 is 0 Å². The van der Waals surface area contributed by atoms with Gasteiger partial charge in [0.2, 0.25) is 0 Å². The van der Waals surface area contributed by atoms with Crippen LogP contribution >= 0.6 is 0 Å². The van der Waals surface area contributed by atoms with E-state index >= 15 is 0 Å². The van der Waals surface area contributed by atoms with E-state index in [1.54, 1.807) is 0 Å². The normalized spacial score (nSPS) is 13.0. The van der Waals surface area contributed by atoms with Gasteiger partial charge in [0.1, 0.15) is 5.75 Å². The molecule has 3 nitrogen and oxygen atoms in total. The van der Waals surface area contributed by atoms with Gasteiger partial charge in [0.15, 0.2) is 0 Å². The van der Waals surface area contributed by atoms with E-state index in [9.17, 15) is 0 Å². The van der Waals surface area contributed by atoms with Crippen molar-refractivity contribution in [3.63, 3.8) is 0 Å². The second-order valence-electron chi connectivity index (χ2n) is 5.08. The smallest absolute Gasteiger partial charge is 0.122 e. The Hall–Kier alpha value is -2.00. The minimum absolute atomic E-state index is 0.633. The Balaban J connectivity index is 1.47. The van der Waals surface area contributed by atoms with E-state index in [2.05, 4.69) is 18.2 Å². The van der Waals surface area contributed by atoms with Crippen molar-refractivity contribution < 1.29 is 9.47 Å². The third-order valence-corrected chi connectivity index (χ3v) is 3.54. The van der Waals surface area contributed by atoms with Gasteiger partial charge in [-0.15, -0.1) is 0 Å². The average Bonchev–Trinajstić information content (AvgIpc) is 2.93. The molecular weight excluding hydrogens is 250 g/mol. The molecule has 1 heterocycles. The van der Waals surface area contributed by atoms with E-state index in [4.69, 9.17) is 15.2 Å². The number of benzene rings is 2. The molecule has 1 aliphatic rings. The second-order valence-corrected chi connectivity index (χ2v) is 5.08. The van der Waals surface area contributed by atoms with Crippen LogP contribution in [0.25, 0.3) is 0 Å². The molecule has 1 aliphatic heterocycles. The van der Waals surface area contributed by atoms with Crippen LogP contribution in [0.5, 0.6) is 5.75 Å².